The highest BCUT2D eigenvalue weighted by Crippen LogP contribution is 2.59. The quantitative estimate of drug-likeness (QED) is 0.727. The van der Waals surface area contributed by atoms with Gasteiger partial charge in [-0.15, -0.1) is 11.3 Å². The van der Waals surface area contributed by atoms with E-state index in [0.717, 1.165) is 12.5 Å². The predicted molar refractivity (Wildman–Crippen MR) is 56.1 cm³/mol. The van der Waals surface area contributed by atoms with Crippen LogP contribution < -0.4 is 5.73 Å². The lowest BCUT2D eigenvalue weighted by molar-refractivity contribution is 0.365. The summed E-state index contributed by atoms with van der Waals surface area (Å²) in [7, 11) is 0. The van der Waals surface area contributed by atoms with E-state index >= 15 is 0 Å². The van der Waals surface area contributed by atoms with Crippen molar-refractivity contribution in [1.29, 1.82) is 0 Å². The average molecular weight is 193 g/mol. The minimum absolute atomic E-state index is 0.544. The molecule has 1 aromatic heterocycles. The monoisotopic (exact) mass is 193 g/mol. The maximum atomic E-state index is 5.85. The molecule has 1 unspecified atom stereocenters. The summed E-state index contributed by atoms with van der Waals surface area (Å²) < 4.78 is 0. The summed E-state index contributed by atoms with van der Waals surface area (Å²) >= 11 is 1.94. The smallest absolute Gasteiger partial charge is 0.00830 e. The van der Waals surface area contributed by atoms with Crippen LogP contribution in [0, 0.1) is 5.92 Å². The Morgan fingerprint density at radius 3 is 3.08 bits per heavy atom. The average Bonchev–Trinajstić information content (AvgIpc) is 2.78. The zero-order valence-corrected chi connectivity index (χ0v) is 8.57. The molecule has 1 spiro atoms. The molecule has 1 atom stereocenters. The van der Waals surface area contributed by atoms with Crippen molar-refractivity contribution >= 4 is 11.3 Å². The van der Waals surface area contributed by atoms with Gasteiger partial charge in [0.05, 0.1) is 0 Å². The lowest BCUT2D eigenvalue weighted by Gasteiger charge is -2.31. The first-order valence-corrected chi connectivity index (χ1v) is 6.02. The summed E-state index contributed by atoms with van der Waals surface area (Å²) in [5.41, 5.74) is 8.04. The third kappa shape index (κ3) is 0.960. The second-order valence-electron chi connectivity index (χ2n) is 4.38. The number of hydrogen-bond acceptors (Lipinski definition) is 2. The van der Waals surface area contributed by atoms with E-state index in [0.29, 0.717) is 5.41 Å². The van der Waals surface area contributed by atoms with Gasteiger partial charge in [-0.3, -0.25) is 0 Å². The first-order chi connectivity index (χ1) is 6.37. The number of hydrogen-bond donors (Lipinski definition) is 1. The van der Waals surface area contributed by atoms with Gasteiger partial charge < -0.3 is 5.73 Å². The zero-order chi connectivity index (χ0) is 8.89. The number of rotatable bonds is 1. The highest BCUT2D eigenvalue weighted by molar-refractivity contribution is 7.10. The summed E-state index contributed by atoms with van der Waals surface area (Å²) in [6.45, 7) is 0.884. The molecule has 70 valence electrons. The lowest BCUT2D eigenvalue weighted by Crippen LogP contribution is -2.31. The summed E-state index contributed by atoms with van der Waals surface area (Å²) in [6.07, 6.45) is 5.37. The van der Waals surface area contributed by atoms with Crippen LogP contribution in [0.4, 0.5) is 0 Å². The molecule has 1 saturated carbocycles. The lowest BCUT2D eigenvalue weighted by atomic mass is 9.75. The minimum Gasteiger partial charge on any atom is -0.330 e. The van der Waals surface area contributed by atoms with Gasteiger partial charge >= 0.3 is 0 Å². The third-order valence-electron chi connectivity index (χ3n) is 3.86. The van der Waals surface area contributed by atoms with Crippen molar-refractivity contribution < 1.29 is 0 Å². The highest BCUT2D eigenvalue weighted by atomic mass is 32.1. The Bertz CT molecular complexity index is 325. The molecular formula is C11H15NS. The van der Waals surface area contributed by atoms with Gasteiger partial charge in [0.2, 0.25) is 0 Å². The molecule has 0 aromatic carbocycles. The molecule has 2 aliphatic rings. The Kier molecular flexibility index (Phi) is 1.59. The maximum absolute atomic E-state index is 5.85. The molecule has 2 heteroatoms. The zero-order valence-electron chi connectivity index (χ0n) is 7.75. The maximum Gasteiger partial charge on any atom is 0.00830 e. The fourth-order valence-corrected chi connectivity index (χ4v) is 3.94. The van der Waals surface area contributed by atoms with Crippen LogP contribution in [-0.4, -0.2) is 6.54 Å². The van der Waals surface area contributed by atoms with E-state index in [1.165, 1.54) is 25.7 Å². The van der Waals surface area contributed by atoms with Gasteiger partial charge in [-0.05, 0) is 55.2 Å². The van der Waals surface area contributed by atoms with E-state index in [1.54, 1.807) is 10.4 Å². The van der Waals surface area contributed by atoms with Crippen LogP contribution in [0.2, 0.25) is 0 Å². The number of nitrogens with two attached hydrogens (primary N) is 1. The second kappa shape index (κ2) is 2.58. The van der Waals surface area contributed by atoms with E-state index < -0.39 is 0 Å². The minimum atomic E-state index is 0.544. The van der Waals surface area contributed by atoms with Crippen LogP contribution in [-0.2, 0) is 11.8 Å². The first kappa shape index (κ1) is 8.01. The number of fused-ring (bicyclic) bond motifs is 2. The van der Waals surface area contributed by atoms with Crippen molar-refractivity contribution in [1.82, 2.24) is 0 Å². The largest absolute Gasteiger partial charge is 0.330 e. The SMILES string of the molecule is NCC1CCc2sccc2C12CC2. The van der Waals surface area contributed by atoms with Crippen molar-refractivity contribution in [2.75, 3.05) is 6.54 Å². The van der Waals surface area contributed by atoms with Gasteiger partial charge in [0, 0.05) is 10.3 Å². The van der Waals surface area contributed by atoms with Crippen LogP contribution in [0.25, 0.3) is 0 Å². The van der Waals surface area contributed by atoms with Crippen molar-refractivity contribution in [3.8, 4) is 0 Å². The third-order valence-corrected chi connectivity index (χ3v) is 4.84. The van der Waals surface area contributed by atoms with Crippen molar-refractivity contribution in [3.63, 3.8) is 0 Å². The van der Waals surface area contributed by atoms with Crippen LogP contribution in [0.3, 0.4) is 0 Å². The first-order valence-electron chi connectivity index (χ1n) is 5.14. The van der Waals surface area contributed by atoms with Gasteiger partial charge in [-0.25, -0.2) is 0 Å². The Hall–Kier alpha value is -0.340. The summed E-state index contributed by atoms with van der Waals surface area (Å²) in [5.74, 6) is 0.773. The fourth-order valence-electron chi connectivity index (χ4n) is 2.94. The molecule has 0 saturated heterocycles. The van der Waals surface area contributed by atoms with E-state index in [9.17, 15) is 0 Å². The number of thiophene rings is 1. The van der Waals surface area contributed by atoms with Gasteiger partial charge in [0.15, 0.2) is 0 Å². The second-order valence-corrected chi connectivity index (χ2v) is 5.39. The van der Waals surface area contributed by atoms with Gasteiger partial charge in [0.25, 0.3) is 0 Å². The highest BCUT2D eigenvalue weighted by Gasteiger charge is 2.52. The van der Waals surface area contributed by atoms with Gasteiger partial charge in [-0.2, -0.15) is 0 Å². The van der Waals surface area contributed by atoms with Gasteiger partial charge in [0.1, 0.15) is 0 Å². The van der Waals surface area contributed by atoms with E-state index in [2.05, 4.69) is 11.4 Å². The van der Waals surface area contributed by atoms with Crippen LogP contribution in [0.15, 0.2) is 11.4 Å². The Labute approximate surface area is 83.0 Å². The molecule has 0 amide bonds. The number of aryl methyl sites for hydroxylation is 1. The Morgan fingerprint density at radius 1 is 1.54 bits per heavy atom. The normalized spacial score (nSPS) is 28.8. The molecule has 0 radical (unpaired) electrons. The molecule has 13 heavy (non-hydrogen) atoms. The Morgan fingerprint density at radius 2 is 2.38 bits per heavy atom. The molecule has 1 nitrogen and oxygen atoms in total. The van der Waals surface area contributed by atoms with Crippen molar-refractivity contribution in [2.24, 2.45) is 11.7 Å². The van der Waals surface area contributed by atoms with Crippen LogP contribution >= 0.6 is 11.3 Å². The molecule has 0 bridgehead atoms. The van der Waals surface area contributed by atoms with Gasteiger partial charge in [-0.1, -0.05) is 0 Å². The molecule has 1 heterocycles. The molecule has 2 aliphatic carbocycles. The molecule has 1 aromatic rings. The van der Waals surface area contributed by atoms with E-state index in [-0.39, 0.29) is 0 Å². The fraction of sp³-hybridized carbons (Fsp3) is 0.636. The van der Waals surface area contributed by atoms with Crippen molar-refractivity contribution in [3.05, 3.63) is 21.9 Å². The van der Waals surface area contributed by atoms with Crippen LogP contribution in [0.5, 0.6) is 0 Å². The summed E-state index contributed by atoms with van der Waals surface area (Å²) in [4.78, 5) is 1.64. The van der Waals surface area contributed by atoms with E-state index in [1.807, 2.05) is 11.3 Å². The predicted octanol–water partition coefficient (Wildman–Crippen LogP) is 2.30. The van der Waals surface area contributed by atoms with Crippen molar-refractivity contribution in [2.45, 2.75) is 31.1 Å². The molecule has 0 aliphatic heterocycles. The molecular weight excluding hydrogens is 178 g/mol. The van der Waals surface area contributed by atoms with Crippen LogP contribution in [0.1, 0.15) is 29.7 Å². The molecule has 2 N–H and O–H groups in total. The molecule has 3 rings (SSSR count). The summed E-state index contributed by atoms with van der Waals surface area (Å²) in [6, 6.07) is 2.34. The van der Waals surface area contributed by atoms with E-state index in [4.69, 9.17) is 5.73 Å². The standard InChI is InChI=1S/C11H15NS/c12-7-8-1-2-10-9(3-6-13-10)11(8)4-5-11/h3,6,8H,1-2,4-5,7,12H2. The molecule has 1 fully saturated rings. The topological polar surface area (TPSA) is 26.0 Å². The Balaban J connectivity index is 2.06. The summed E-state index contributed by atoms with van der Waals surface area (Å²) in [5, 5.41) is 2.25.